The Bertz CT molecular complexity index is 212. The van der Waals surface area contributed by atoms with Crippen LogP contribution in [0, 0.1) is 0 Å². The van der Waals surface area contributed by atoms with Gasteiger partial charge in [-0.3, -0.25) is 0 Å². The second-order valence-electron chi connectivity index (χ2n) is 5.56. The van der Waals surface area contributed by atoms with Crippen LogP contribution in [-0.2, 0) is 0 Å². The zero-order valence-electron chi connectivity index (χ0n) is 11.8. The van der Waals surface area contributed by atoms with Gasteiger partial charge in [-0.2, -0.15) is 0 Å². The van der Waals surface area contributed by atoms with Crippen LogP contribution in [0.15, 0.2) is 0 Å². The van der Waals surface area contributed by atoms with Crippen LogP contribution in [-0.4, -0.2) is 44.4 Å². The number of carbonyl (C=O) groups is 1. The molecule has 0 aromatic heterocycles. The summed E-state index contributed by atoms with van der Waals surface area (Å²) in [4.78, 5) is 13.7. The maximum absolute atomic E-state index is 12.0. The molecule has 0 unspecified atom stereocenters. The SMILES string of the molecule is CCCCCCN(C(=O)N(C)C)[Si](C)(C)C. The highest BCUT2D eigenvalue weighted by Gasteiger charge is 2.28. The van der Waals surface area contributed by atoms with Gasteiger partial charge < -0.3 is 9.47 Å². The summed E-state index contributed by atoms with van der Waals surface area (Å²) < 4.78 is 2.10. The Labute approximate surface area is 102 Å². The Morgan fingerprint density at radius 3 is 2.00 bits per heavy atom. The number of hydrogen-bond acceptors (Lipinski definition) is 1. The van der Waals surface area contributed by atoms with Crippen molar-refractivity contribution in [2.45, 2.75) is 52.2 Å². The second-order valence-corrected chi connectivity index (χ2v) is 10.4. The number of nitrogens with zero attached hydrogens (tertiary/aromatic N) is 2. The second kappa shape index (κ2) is 6.94. The lowest BCUT2D eigenvalue weighted by atomic mass is 10.2. The van der Waals surface area contributed by atoms with Gasteiger partial charge in [-0.15, -0.1) is 0 Å². The summed E-state index contributed by atoms with van der Waals surface area (Å²) in [6, 6.07) is 0.177. The molecular formula is C12H28N2OSi. The monoisotopic (exact) mass is 244 g/mol. The Kier molecular flexibility index (Phi) is 6.72. The highest BCUT2D eigenvalue weighted by Crippen LogP contribution is 2.13. The van der Waals surface area contributed by atoms with E-state index in [2.05, 4.69) is 31.1 Å². The van der Waals surface area contributed by atoms with E-state index in [4.69, 9.17) is 0 Å². The van der Waals surface area contributed by atoms with Crippen LogP contribution >= 0.6 is 0 Å². The molecule has 0 aromatic carbocycles. The molecule has 0 aliphatic carbocycles. The zero-order valence-corrected chi connectivity index (χ0v) is 12.8. The first-order chi connectivity index (χ1) is 7.30. The van der Waals surface area contributed by atoms with Gasteiger partial charge in [0.2, 0.25) is 0 Å². The molecule has 0 heterocycles. The van der Waals surface area contributed by atoms with Crippen LogP contribution in [0.3, 0.4) is 0 Å². The van der Waals surface area contributed by atoms with Crippen LogP contribution in [0.5, 0.6) is 0 Å². The average molecular weight is 244 g/mol. The minimum absolute atomic E-state index is 0.177. The molecule has 0 N–H and O–H groups in total. The summed E-state index contributed by atoms with van der Waals surface area (Å²) in [6.07, 6.45) is 4.89. The molecule has 0 atom stereocenters. The first-order valence-electron chi connectivity index (χ1n) is 6.29. The fraction of sp³-hybridized carbons (Fsp3) is 0.917. The summed E-state index contributed by atoms with van der Waals surface area (Å²) in [5, 5.41) is 0. The third kappa shape index (κ3) is 5.54. The minimum atomic E-state index is -1.53. The highest BCUT2D eigenvalue weighted by atomic mass is 28.3. The Morgan fingerprint density at radius 1 is 1.06 bits per heavy atom. The normalized spacial score (nSPS) is 11.4. The summed E-state index contributed by atoms with van der Waals surface area (Å²) in [5.74, 6) is 0. The largest absolute Gasteiger partial charge is 0.352 e. The number of carbonyl (C=O) groups excluding carboxylic acids is 1. The van der Waals surface area contributed by atoms with E-state index in [0.717, 1.165) is 13.0 Å². The highest BCUT2D eigenvalue weighted by molar-refractivity contribution is 6.75. The van der Waals surface area contributed by atoms with E-state index in [1.807, 2.05) is 14.1 Å². The molecule has 0 rings (SSSR count). The van der Waals surface area contributed by atoms with Crippen molar-refractivity contribution in [2.24, 2.45) is 0 Å². The summed E-state index contributed by atoms with van der Waals surface area (Å²) in [6.45, 7) is 9.82. The number of unbranched alkanes of at least 4 members (excludes halogenated alkanes) is 3. The van der Waals surface area contributed by atoms with E-state index in [1.54, 1.807) is 4.90 Å². The lowest BCUT2D eigenvalue weighted by Gasteiger charge is -2.36. The van der Waals surface area contributed by atoms with Gasteiger partial charge in [0.15, 0.2) is 8.24 Å². The first-order valence-corrected chi connectivity index (χ1v) is 9.74. The van der Waals surface area contributed by atoms with E-state index >= 15 is 0 Å². The Balaban J connectivity index is 4.29. The van der Waals surface area contributed by atoms with Crippen molar-refractivity contribution in [2.75, 3.05) is 20.6 Å². The van der Waals surface area contributed by atoms with Crippen molar-refractivity contribution in [1.82, 2.24) is 9.47 Å². The molecule has 0 spiro atoms. The van der Waals surface area contributed by atoms with E-state index in [-0.39, 0.29) is 6.03 Å². The van der Waals surface area contributed by atoms with Gasteiger partial charge in [0.1, 0.15) is 0 Å². The van der Waals surface area contributed by atoms with Gasteiger partial charge in [-0.05, 0) is 6.42 Å². The summed E-state index contributed by atoms with van der Waals surface area (Å²) >= 11 is 0. The molecule has 0 aromatic rings. The molecule has 0 radical (unpaired) electrons. The number of amides is 2. The molecule has 3 nitrogen and oxygen atoms in total. The van der Waals surface area contributed by atoms with E-state index < -0.39 is 8.24 Å². The lowest BCUT2D eigenvalue weighted by molar-refractivity contribution is 0.194. The average Bonchev–Trinajstić information content (AvgIpc) is 2.14. The van der Waals surface area contributed by atoms with Gasteiger partial charge in [0.05, 0.1) is 0 Å². The van der Waals surface area contributed by atoms with Gasteiger partial charge >= 0.3 is 6.03 Å². The Hall–Kier alpha value is -0.513. The van der Waals surface area contributed by atoms with Gasteiger partial charge in [-0.25, -0.2) is 4.79 Å². The van der Waals surface area contributed by atoms with Crippen molar-refractivity contribution in [3.8, 4) is 0 Å². The lowest BCUT2D eigenvalue weighted by Crippen LogP contribution is -2.53. The van der Waals surface area contributed by atoms with E-state index in [0.29, 0.717) is 0 Å². The third-order valence-corrected chi connectivity index (χ3v) is 4.69. The Morgan fingerprint density at radius 2 is 1.62 bits per heavy atom. The topological polar surface area (TPSA) is 23.6 Å². The predicted molar refractivity (Wildman–Crippen MR) is 73.3 cm³/mol. The minimum Gasteiger partial charge on any atom is -0.352 e. The molecule has 16 heavy (non-hydrogen) atoms. The predicted octanol–water partition coefficient (Wildman–Crippen LogP) is 3.39. The van der Waals surface area contributed by atoms with Crippen molar-refractivity contribution in [3.05, 3.63) is 0 Å². The van der Waals surface area contributed by atoms with Gasteiger partial charge in [0.25, 0.3) is 0 Å². The number of hydrogen-bond donors (Lipinski definition) is 0. The molecule has 0 fully saturated rings. The zero-order chi connectivity index (χ0) is 12.8. The summed E-state index contributed by atoms with van der Waals surface area (Å²) in [5.41, 5.74) is 0. The van der Waals surface area contributed by atoms with E-state index in [9.17, 15) is 4.79 Å². The molecule has 2 amide bonds. The quantitative estimate of drug-likeness (QED) is 0.519. The van der Waals surface area contributed by atoms with Crippen LogP contribution in [0.25, 0.3) is 0 Å². The first kappa shape index (κ1) is 15.5. The molecule has 0 aliphatic heterocycles. The number of urea groups is 1. The fourth-order valence-corrected chi connectivity index (χ4v) is 3.26. The summed E-state index contributed by atoms with van der Waals surface area (Å²) in [7, 11) is 2.14. The van der Waals surface area contributed by atoms with Crippen LogP contribution in [0.4, 0.5) is 4.79 Å². The number of rotatable bonds is 6. The molecular weight excluding hydrogens is 216 g/mol. The molecule has 96 valence electrons. The smallest absolute Gasteiger partial charge is 0.311 e. The molecule has 4 heteroatoms. The maximum atomic E-state index is 12.0. The molecule has 0 saturated heterocycles. The van der Waals surface area contributed by atoms with Gasteiger partial charge in [-0.1, -0.05) is 45.8 Å². The van der Waals surface area contributed by atoms with Crippen molar-refractivity contribution in [1.29, 1.82) is 0 Å². The third-order valence-electron chi connectivity index (χ3n) is 2.66. The van der Waals surface area contributed by atoms with E-state index in [1.165, 1.54) is 19.3 Å². The maximum Gasteiger partial charge on any atom is 0.311 e. The fourth-order valence-electron chi connectivity index (χ4n) is 1.66. The van der Waals surface area contributed by atoms with Gasteiger partial charge in [0, 0.05) is 20.6 Å². The molecule has 0 saturated carbocycles. The van der Waals surface area contributed by atoms with Crippen LogP contribution in [0.1, 0.15) is 32.6 Å². The van der Waals surface area contributed by atoms with Crippen molar-refractivity contribution < 1.29 is 4.79 Å². The van der Waals surface area contributed by atoms with Crippen LogP contribution in [0.2, 0.25) is 19.6 Å². The van der Waals surface area contributed by atoms with Crippen molar-refractivity contribution >= 4 is 14.3 Å². The van der Waals surface area contributed by atoms with Crippen LogP contribution < -0.4 is 0 Å². The standard InChI is InChI=1S/C12H28N2OSi/c1-7-8-9-10-11-14(16(4,5)6)12(15)13(2)3/h7-11H2,1-6H3. The van der Waals surface area contributed by atoms with Crippen molar-refractivity contribution in [3.63, 3.8) is 0 Å². The molecule has 0 aliphatic rings. The molecule has 0 bridgehead atoms.